The summed E-state index contributed by atoms with van der Waals surface area (Å²) in [5.74, 6) is -0.457. The van der Waals surface area contributed by atoms with Gasteiger partial charge in [0.15, 0.2) is 5.13 Å². The lowest BCUT2D eigenvalue weighted by Crippen LogP contribution is -2.29. The van der Waals surface area contributed by atoms with E-state index in [0.29, 0.717) is 23.8 Å². The lowest BCUT2D eigenvalue weighted by Gasteiger charge is -2.05. The number of hydrogen-bond donors (Lipinski definition) is 3. The van der Waals surface area contributed by atoms with Gasteiger partial charge in [0.05, 0.1) is 0 Å². The molecule has 6 nitrogen and oxygen atoms in total. The van der Waals surface area contributed by atoms with Crippen LogP contribution in [0.2, 0.25) is 0 Å². The molecule has 17 heavy (non-hydrogen) atoms. The van der Waals surface area contributed by atoms with Crippen molar-refractivity contribution >= 4 is 28.3 Å². The van der Waals surface area contributed by atoms with E-state index in [1.54, 1.807) is 5.38 Å². The molecule has 1 rings (SSSR count). The Balaban J connectivity index is 2.46. The van der Waals surface area contributed by atoms with Crippen molar-refractivity contribution < 1.29 is 9.59 Å². The van der Waals surface area contributed by atoms with Crippen LogP contribution in [0.3, 0.4) is 0 Å². The number of carbonyl (C=O) groups excluding carboxylic acids is 2. The summed E-state index contributed by atoms with van der Waals surface area (Å²) in [5, 5.41) is 7.26. The van der Waals surface area contributed by atoms with Crippen LogP contribution >= 0.6 is 11.3 Å². The van der Waals surface area contributed by atoms with Crippen molar-refractivity contribution in [3.8, 4) is 0 Å². The first kappa shape index (κ1) is 13.6. The third kappa shape index (κ3) is 4.92. The van der Waals surface area contributed by atoms with E-state index < -0.39 is 0 Å². The average Bonchev–Trinajstić information content (AvgIpc) is 2.64. The van der Waals surface area contributed by atoms with E-state index in [1.165, 1.54) is 18.3 Å². The van der Waals surface area contributed by atoms with Gasteiger partial charge in [-0.25, -0.2) is 4.98 Å². The molecule has 1 aromatic heterocycles. The van der Waals surface area contributed by atoms with Crippen molar-refractivity contribution in [2.75, 3.05) is 11.9 Å². The first-order chi connectivity index (χ1) is 7.99. The Kier molecular flexibility index (Phi) is 5.05. The molecule has 1 heterocycles. The van der Waals surface area contributed by atoms with Gasteiger partial charge < -0.3 is 16.4 Å². The number of nitrogens with two attached hydrogens (primary N) is 1. The van der Waals surface area contributed by atoms with Crippen molar-refractivity contribution in [2.45, 2.75) is 26.3 Å². The van der Waals surface area contributed by atoms with Gasteiger partial charge in [0, 0.05) is 24.9 Å². The highest BCUT2D eigenvalue weighted by Crippen LogP contribution is 2.14. The van der Waals surface area contributed by atoms with Gasteiger partial charge in [-0.05, 0) is 13.3 Å². The maximum atomic E-state index is 11.6. The minimum absolute atomic E-state index is 0.0562. The van der Waals surface area contributed by atoms with Gasteiger partial charge in [-0.2, -0.15) is 0 Å². The van der Waals surface area contributed by atoms with Gasteiger partial charge in [-0.15, -0.1) is 11.3 Å². The first-order valence-electron chi connectivity index (χ1n) is 5.26. The summed E-state index contributed by atoms with van der Waals surface area (Å²) in [6, 6.07) is 0.0562. The Hall–Kier alpha value is -1.47. The highest BCUT2D eigenvalue weighted by atomic mass is 32.1. The molecule has 0 spiro atoms. The fourth-order valence-electron chi connectivity index (χ4n) is 1.09. The van der Waals surface area contributed by atoms with Crippen molar-refractivity contribution in [3.63, 3.8) is 0 Å². The summed E-state index contributed by atoms with van der Waals surface area (Å²) in [6.07, 6.45) is 0.717. The highest BCUT2D eigenvalue weighted by molar-refractivity contribution is 7.14. The van der Waals surface area contributed by atoms with Crippen LogP contribution in [-0.2, 0) is 4.79 Å². The molecule has 0 aliphatic carbocycles. The predicted octanol–water partition coefficient (Wildman–Crippen LogP) is 0.569. The number of rotatable bonds is 5. The Morgan fingerprint density at radius 1 is 1.59 bits per heavy atom. The van der Waals surface area contributed by atoms with Crippen molar-refractivity contribution in [3.05, 3.63) is 11.1 Å². The summed E-state index contributed by atoms with van der Waals surface area (Å²) < 4.78 is 0. The highest BCUT2D eigenvalue weighted by Gasteiger charge is 2.10. The maximum Gasteiger partial charge on any atom is 0.270 e. The van der Waals surface area contributed by atoms with Crippen molar-refractivity contribution in [1.29, 1.82) is 0 Å². The third-order valence-corrected chi connectivity index (χ3v) is 2.66. The Morgan fingerprint density at radius 2 is 2.29 bits per heavy atom. The van der Waals surface area contributed by atoms with Crippen LogP contribution in [0.25, 0.3) is 0 Å². The number of anilines is 1. The van der Waals surface area contributed by atoms with Gasteiger partial charge in [0.1, 0.15) is 5.69 Å². The number of amides is 2. The predicted molar refractivity (Wildman–Crippen MR) is 67.0 cm³/mol. The molecule has 2 amide bonds. The molecule has 0 bridgehead atoms. The second-order valence-electron chi connectivity index (χ2n) is 3.74. The molecule has 0 saturated carbocycles. The van der Waals surface area contributed by atoms with Crippen LogP contribution < -0.4 is 16.4 Å². The van der Waals surface area contributed by atoms with Gasteiger partial charge in [0.2, 0.25) is 5.91 Å². The zero-order valence-corrected chi connectivity index (χ0v) is 10.6. The molecule has 1 unspecified atom stereocenters. The fourth-order valence-corrected chi connectivity index (χ4v) is 1.83. The Bertz CT molecular complexity index is 403. The smallest absolute Gasteiger partial charge is 0.270 e. The zero-order chi connectivity index (χ0) is 12.8. The van der Waals surface area contributed by atoms with Gasteiger partial charge in [-0.3, -0.25) is 9.59 Å². The van der Waals surface area contributed by atoms with E-state index in [2.05, 4.69) is 15.6 Å². The maximum absolute atomic E-state index is 11.6. The topological polar surface area (TPSA) is 97.1 Å². The van der Waals surface area contributed by atoms with E-state index in [0.717, 1.165) is 0 Å². The molecule has 0 aliphatic rings. The third-order valence-electron chi connectivity index (χ3n) is 1.91. The normalized spacial score (nSPS) is 11.9. The van der Waals surface area contributed by atoms with Crippen LogP contribution in [0.1, 0.15) is 30.8 Å². The van der Waals surface area contributed by atoms with Crippen LogP contribution in [0.15, 0.2) is 5.38 Å². The molecule has 7 heteroatoms. The number of nitrogens with zero attached hydrogens (tertiary/aromatic N) is 1. The molecule has 4 N–H and O–H groups in total. The largest absolute Gasteiger partial charge is 0.351 e. The van der Waals surface area contributed by atoms with Crippen molar-refractivity contribution in [2.24, 2.45) is 5.73 Å². The SMILES string of the molecule is CC(=O)Nc1nc(C(=O)NCCC(C)N)cs1. The van der Waals surface area contributed by atoms with E-state index >= 15 is 0 Å². The summed E-state index contributed by atoms with van der Waals surface area (Å²) >= 11 is 1.22. The molecule has 0 radical (unpaired) electrons. The van der Waals surface area contributed by atoms with Crippen LogP contribution in [0.5, 0.6) is 0 Å². The summed E-state index contributed by atoms with van der Waals surface area (Å²) in [6.45, 7) is 3.79. The standard InChI is InChI=1S/C10H16N4O2S/c1-6(11)3-4-12-9(16)8-5-17-10(14-8)13-7(2)15/h5-6H,3-4,11H2,1-2H3,(H,12,16)(H,13,14,15). The summed E-state index contributed by atoms with van der Waals surface area (Å²) in [5.41, 5.74) is 5.87. The molecule has 0 fully saturated rings. The van der Waals surface area contributed by atoms with E-state index in [4.69, 9.17) is 5.73 Å². The lowest BCUT2D eigenvalue weighted by molar-refractivity contribution is -0.114. The number of aromatic nitrogens is 1. The fraction of sp³-hybridized carbons (Fsp3) is 0.500. The number of thiazole rings is 1. The van der Waals surface area contributed by atoms with E-state index in [9.17, 15) is 9.59 Å². The lowest BCUT2D eigenvalue weighted by atomic mass is 10.2. The number of nitrogens with one attached hydrogen (secondary N) is 2. The minimum Gasteiger partial charge on any atom is -0.351 e. The molecule has 1 aromatic rings. The quantitative estimate of drug-likeness (QED) is 0.717. The molecule has 1 atom stereocenters. The molecular formula is C10H16N4O2S. The zero-order valence-electron chi connectivity index (χ0n) is 9.82. The van der Waals surface area contributed by atoms with Crippen LogP contribution in [0.4, 0.5) is 5.13 Å². The Morgan fingerprint density at radius 3 is 2.88 bits per heavy atom. The van der Waals surface area contributed by atoms with E-state index in [-0.39, 0.29) is 17.9 Å². The summed E-state index contributed by atoms with van der Waals surface area (Å²) in [4.78, 5) is 26.4. The molecule has 0 aliphatic heterocycles. The molecule has 94 valence electrons. The van der Waals surface area contributed by atoms with Gasteiger partial charge >= 0.3 is 0 Å². The molecular weight excluding hydrogens is 240 g/mol. The van der Waals surface area contributed by atoms with E-state index in [1.807, 2.05) is 6.92 Å². The monoisotopic (exact) mass is 256 g/mol. The number of carbonyl (C=O) groups is 2. The van der Waals surface area contributed by atoms with Gasteiger partial charge in [-0.1, -0.05) is 0 Å². The molecule has 0 aromatic carbocycles. The second kappa shape index (κ2) is 6.31. The van der Waals surface area contributed by atoms with Crippen molar-refractivity contribution in [1.82, 2.24) is 10.3 Å². The summed E-state index contributed by atoms with van der Waals surface area (Å²) in [7, 11) is 0. The second-order valence-corrected chi connectivity index (χ2v) is 4.60. The Labute approximate surface area is 104 Å². The average molecular weight is 256 g/mol. The molecule has 0 saturated heterocycles. The first-order valence-corrected chi connectivity index (χ1v) is 6.14. The van der Waals surface area contributed by atoms with Crippen LogP contribution in [-0.4, -0.2) is 29.4 Å². The van der Waals surface area contributed by atoms with Crippen LogP contribution in [0, 0.1) is 0 Å². The number of hydrogen-bond acceptors (Lipinski definition) is 5. The van der Waals surface area contributed by atoms with Gasteiger partial charge in [0.25, 0.3) is 5.91 Å². The minimum atomic E-state index is -0.251.